The van der Waals surface area contributed by atoms with Crippen LogP contribution in [0.25, 0.3) is 10.9 Å². The number of hydrogen-bond acceptors (Lipinski definition) is 2. The molecule has 1 aliphatic carbocycles. The molecule has 1 aromatic carbocycles. The number of fused-ring (bicyclic) bond motifs is 1. The normalized spacial score (nSPS) is 19.3. The van der Waals surface area contributed by atoms with Gasteiger partial charge in [-0.15, -0.1) is 12.4 Å². The van der Waals surface area contributed by atoms with Gasteiger partial charge in [-0.2, -0.15) is 0 Å². The number of aromatic nitrogens is 1. The number of hydrogen-bond donors (Lipinski definition) is 3. The van der Waals surface area contributed by atoms with Crippen LogP contribution in [0.2, 0.25) is 0 Å². The number of aliphatic hydroxyl groups is 1. The molecule has 4 heteroatoms. The molecule has 0 unspecified atom stereocenters. The highest BCUT2D eigenvalue weighted by Crippen LogP contribution is 2.34. The molecule has 3 nitrogen and oxygen atoms in total. The maximum Gasteiger partial charge on any atom is 0.0761 e. The highest BCUT2D eigenvalue weighted by molar-refractivity contribution is 5.85. The minimum Gasteiger partial charge on any atom is -0.391 e. The second kappa shape index (κ2) is 5.95. The summed E-state index contributed by atoms with van der Waals surface area (Å²) >= 11 is 0. The fourth-order valence-corrected chi connectivity index (χ4v) is 3.18. The molecule has 1 aromatic heterocycles. The lowest BCUT2D eigenvalue weighted by molar-refractivity contribution is 0.0849. The third kappa shape index (κ3) is 2.64. The van der Waals surface area contributed by atoms with Gasteiger partial charge in [0.1, 0.15) is 0 Å². The molecular formula is C15H21ClN2O. The fourth-order valence-electron chi connectivity index (χ4n) is 3.18. The number of aliphatic hydroxyl groups excluding tert-OH is 1. The number of H-pyrrole nitrogens is 1. The first-order chi connectivity index (χ1) is 8.77. The Morgan fingerprint density at radius 2 is 1.95 bits per heavy atom. The quantitative estimate of drug-likeness (QED) is 0.809. The maximum atomic E-state index is 10.4. The van der Waals surface area contributed by atoms with Gasteiger partial charge in [-0.25, -0.2) is 0 Å². The third-order valence-electron chi connectivity index (χ3n) is 4.24. The van der Waals surface area contributed by atoms with Gasteiger partial charge in [0, 0.05) is 17.1 Å². The van der Waals surface area contributed by atoms with Crippen molar-refractivity contribution >= 4 is 23.3 Å². The molecule has 0 radical (unpaired) electrons. The first kappa shape index (κ1) is 14.4. The van der Waals surface area contributed by atoms with E-state index in [1.807, 2.05) is 30.5 Å². The van der Waals surface area contributed by atoms with Crippen LogP contribution < -0.4 is 5.73 Å². The summed E-state index contributed by atoms with van der Waals surface area (Å²) in [6, 6.07) is 7.81. The van der Waals surface area contributed by atoms with Gasteiger partial charge in [0.05, 0.1) is 12.1 Å². The largest absolute Gasteiger partial charge is 0.391 e. The van der Waals surface area contributed by atoms with E-state index >= 15 is 0 Å². The standard InChI is InChI=1S/C15H20N2O.ClH/c16-14(15(18)10-4-1-2-5-10)12-6-3-7-13-11(12)8-9-17-13;/h3,6-10,14-15,17-18H,1-2,4-5,16H2;1H/t14-,15+;/m0./s1. The van der Waals surface area contributed by atoms with Gasteiger partial charge >= 0.3 is 0 Å². The Hall–Kier alpha value is -1.03. The van der Waals surface area contributed by atoms with Gasteiger partial charge in [0.2, 0.25) is 0 Å². The van der Waals surface area contributed by atoms with E-state index in [-0.39, 0.29) is 18.4 Å². The minimum atomic E-state index is -0.423. The molecular weight excluding hydrogens is 260 g/mol. The van der Waals surface area contributed by atoms with Crippen molar-refractivity contribution in [1.29, 1.82) is 0 Å². The molecule has 0 aliphatic heterocycles. The smallest absolute Gasteiger partial charge is 0.0761 e. The van der Waals surface area contributed by atoms with Crippen LogP contribution >= 0.6 is 12.4 Å². The Bertz CT molecular complexity index is 534. The van der Waals surface area contributed by atoms with Gasteiger partial charge in [0.25, 0.3) is 0 Å². The van der Waals surface area contributed by atoms with E-state index in [1.54, 1.807) is 0 Å². The predicted octanol–water partition coefficient (Wildman–Crippen LogP) is 3.14. The van der Waals surface area contributed by atoms with Crippen molar-refractivity contribution in [2.45, 2.75) is 37.8 Å². The average molecular weight is 281 g/mol. The van der Waals surface area contributed by atoms with Crippen LogP contribution in [-0.2, 0) is 0 Å². The predicted molar refractivity (Wildman–Crippen MR) is 80.4 cm³/mol. The molecule has 1 saturated carbocycles. The number of aromatic amines is 1. The Balaban J connectivity index is 0.00000133. The summed E-state index contributed by atoms with van der Waals surface area (Å²) in [5.41, 5.74) is 8.41. The highest BCUT2D eigenvalue weighted by Gasteiger charge is 2.29. The summed E-state index contributed by atoms with van der Waals surface area (Å²) in [6.45, 7) is 0. The zero-order chi connectivity index (χ0) is 12.5. The first-order valence-electron chi connectivity index (χ1n) is 6.77. The molecule has 0 spiro atoms. The number of benzene rings is 1. The number of rotatable bonds is 3. The lowest BCUT2D eigenvalue weighted by Crippen LogP contribution is -2.32. The van der Waals surface area contributed by atoms with Crippen molar-refractivity contribution in [2.75, 3.05) is 0 Å². The van der Waals surface area contributed by atoms with Gasteiger partial charge < -0.3 is 15.8 Å². The third-order valence-corrected chi connectivity index (χ3v) is 4.24. The van der Waals surface area contributed by atoms with Gasteiger partial charge in [-0.05, 0) is 36.5 Å². The van der Waals surface area contributed by atoms with E-state index < -0.39 is 6.10 Å². The molecule has 2 atom stereocenters. The number of nitrogens with two attached hydrogens (primary N) is 1. The summed E-state index contributed by atoms with van der Waals surface area (Å²) in [5.74, 6) is 0.370. The monoisotopic (exact) mass is 280 g/mol. The molecule has 3 rings (SSSR count). The Morgan fingerprint density at radius 3 is 2.68 bits per heavy atom. The van der Waals surface area contributed by atoms with Crippen LogP contribution in [0.3, 0.4) is 0 Å². The fraction of sp³-hybridized carbons (Fsp3) is 0.467. The maximum absolute atomic E-state index is 10.4. The van der Waals surface area contributed by atoms with Crippen molar-refractivity contribution in [2.24, 2.45) is 11.7 Å². The molecule has 2 aromatic rings. The van der Waals surface area contributed by atoms with Crippen molar-refractivity contribution < 1.29 is 5.11 Å². The summed E-state index contributed by atoms with van der Waals surface area (Å²) in [5, 5.41) is 11.6. The molecule has 1 heterocycles. The van der Waals surface area contributed by atoms with Crippen molar-refractivity contribution in [3.05, 3.63) is 36.0 Å². The lowest BCUT2D eigenvalue weighted by atomic mass is 9.89. The summed E-state index contributed by atoms with van der Waals surface area (Å²) in [4.78, 5) is 3.19. The van der Waals surface area contributed by atoms with Gasteiger partial charge in [-0.3, -0.25) is 0 Å². The SMILES string of the molecule is Cl.N[C@@H](c1cccc2[nH]ccc12)[C@H](O)C1CCCC1. The zero-order valence-electron chi connectivity index (χ0n) is 10.9. The summed E-state index contributed by atoms with van der Waals surface area (Å²) in [7, 11) is 0. The van der Waals surface area contributed by atoms with Crippen LogP contribution in [0.15, 0.2) is 30.5 Å². The molecule has 19 heavy (non-hydrogen) atoms. The topological polar surface area (TPSA) is 62.0 Å². The van der Waals surface area contributed by atoms with E-state index in [2.05, 4.69) is 4.98 Å². The molecule has 0 saturated heterocycles. The molecule has 4 N–H and O–H groups in total. The van der Waals surface area contributed by atoms with Crippen LogP contribution in [0, 0.1) is 5.92 Å². The van der Waals surface area contributed by atoms with Gasteiger partial charge in [-0.1, -0.05) is 25.0 Å². The Kier molecular flexibility index (Phi) is 4.50. The second-order valence-corrected chi connectivity index (χ2v) is 5.35. The lowest BCUT2D eigenvalue weighted by Gasteiger charge is -2.25. The molecule has 104 valence electrons. The second-order valence-electron chi connectivity index (χ2n) is 5.35. The van der Waals surface area contributed by atoms with E-state index in [9.17, 15) is 5.11 Å². The molecule has 0 bridgehead atoms. The molecule has 1 aliphatic rings. The average Bonchev–Trinajstić information content (AvgIpc) is 3.06. The van der Waals surface area contributed by atoms with E-state index in [0.29, 0.717) is 5.92 Å². The van der Waals surface area contributed by atoms with E-state index in [1.165, 1.54) is 12.8 Å². The minimum absolute atomic E-state index is 0. The number of nitrogens with one attached hydrogen (secondary N) is 1. The summed E-state index contributed by atoms with van der Waals surface area (Å²) in [6.07, 6.45) is 6.16. The number of halogens is 1. The zero-order valence-corrected chi connectivity index (χ0v) is 11.7. The van der Waals surface area contributed by atoms with Crippen molar-refractivity contribution in [3.8, 4) is 0 Å². The van der Waals surface area contributed by atoms with Crippen LogP contribution in [0.1, 0.15) is 37.3 Å². The summed E-state index contributed by atoms with van der Waals surface area (Å²) < 4.78 is 0. The Labute approximate surface area is 119 Å². The van der Waals surface area contributed by atoms with Crippen LogP contribution in [0.5, 0.6) is 0 Å². The molecule has 0 amide bonds. The first-order valence-corrected chi connectivity index (χ1v) is 6.77. The molecule has 1 fully saturated rings. The van der Waals surface area contributed by atoms with Crippen molar-refractivity contribution in [1.82, 2.24) is 4.98 Å². The van der Waals surface area contributed by atoms with Crippen molar-refractivity contribution in [3.63, 3.8) is 0 Å². The van der Waals surface area contributed by atoms with Crippen LogP contribution in [0.4, 0.5) is 0 Å². The Morgan fingerprint density at radius 1 is 1.21 bits per heavy atom. The van der Waals surface area contributed by atoms with Gasteiger partial charge in [0.15, 0.2) is 0 Å². The highest BCUT2D eigenvalue weighted by atomic mass is 35.5. The van der Waals surface area contributed by atoms with E-state index in [0.717, 1.165) is 29.3 Å². The van der Waals surface area contributed by atoms with E-state index in [4.69, 9.17) is 5.73 Å². The van der Waals surface area contributed by atoms with Crippen LogP contribution in [-0.4, -0.2) is 16.2 Å².